The van der Waals surface area contributed by atoms with E-state index in [4.69, 9.17) is 0 Å². The first-order valence-corrected chi connectivity index (χ1v) is 6.24. The lowest BCUT2D eigenvalue weighted by molar-refractivity contribution is -0.140. The summed E-state index contributed by atoms with van der Waals surface area (Å²) in [5, 5.41) is 2.48. The van der Waals surface area contributed by atoms with Crippen LogP contribution < -0.4 is 5.32 Å². The molecule has 0 aliphatic rings. The predicted molar refractivity (Wildman–Crippen MR) is 74.3 cm³/mol. The van der Waals surface area contributed by atoms with Gasteiger partial charge in [0.25, 0.3) is 5.91 Å². The quantitative estimate of drug-likeness (QED) is 0.834. The van der Waals surface area contributed by atoms with Crippen molar-refractivity contribution >= 4 is 23.5 Å². The van der Waals surface area contributed by atoms with E-state index in [0.29, 0.717) is 5.69 Å². The molecule has 114 valence electrons. The van der Waals surface area contributed by atoms with E-state index in [2.05, 4.69) is 10.1 Å². The van der Waals surface area contributed by atoms with Crippen LogP contribution in [0, 0.1) is 5.82 Å². The molecular formula is C14H17FN2O4. The predicted octanol–water partition coefficient (Wildman–Crippen LogP) is 1.42. The molecule has 0 bridgehead atoms. The third-order valence-electron chi connectivity index (χ3n) is 2.74. The molecule has 0 aromatic heterocycles. The van der Waals surface area contributed by atoms with Gasteiger partial charge in [-0.05, 0) is 18.2 Å². The molecule has 0 aliphatic heterocycles. The van der Waals surface area contributed by atoms with Gasteiger partial charge in [0.1, 0.15) is 5.82 Å². The maximum atomic E-state index is 13.7. The first kappa shape index (κ1) is 16.6. The van der Waals surface area contributed by atoms with Gasteiger partial charge in [-0.2, -0.15) is 0 Å². The van der Waals surface area contributed by atoms with Crippen LogP contribution in [0.2, 0.25) is 0 Å². The molecule has 6 nitrogen and oxygen atoms in total. The molecule has 0 saturated heterocycles. The normalized spacial score (nSPS) is 9.90. The fourth-order valence-electron chi connectivity index (χ4n) is 1.64. The number of rotatable bonds is 5. The second kappa shape index (κ2) is 7.37. The monoisotopic (exact) mass is 296 g/mol. The van der Waals surface area contributed by atoms with Gasteiger partial charge in [0.15, 0.2) is 0 Å². The van der Waals surface area contributed by atoms with E-state index >= 15 is 0 Å². The Hall–Kier alpha value is -2.44. The summed E-state index contributed by atoms with van der Waals surface area (Å²) in [6.45, 7) is 1.42. The molecule has 0 heterocycles. The Kier molecular flexibility index (Phi) is 5.83. The summed E-state index contributed by atoms with van der Waals surface area (Å²) in [6, 6.07) is 3.72. The summed E-state index contributed by atoms with van der Waals surface area (Å²) in [4.78, 5) is 35.3. The Bertz CT molecular complexity index is 560. The highest BCUT2D eigenvalue weighted by Crippen LogP contribution is 2.16. The number of methoxy groups -OCH3 is 1. The topological polar surface area (TPSA) is 75.7 Å². The fourth-order valence-corrected chi connectivity index (χ4v) is 1.64. The molecule has 2 amide bonds. The minimum absolute atomic E-state index is 0.0196. The summed E-state index contributed by atoms with van der Waals surface area (Å²) in [5.74, 6) is -2.05. The smallest absolute Gasteiger partial charge is 0.307 e. The molecule has 0 unspecified atom stereocenters. The number of nitrogens with one attached hydrogen (secondary N) is 1. The maximum Gasteiger partial charge on any atom is 0.307 e. The van der Waals surface area contributed by atoms with Gasteiger partial charge in [0.2, 0.25) is 5.91 Å². The number of esters is 1. The second-order valence-corrected chi connectivity index (χ2v) is 4.43. The number of hydrogen-bond donors (Lipinski definition) is 1. The average molecular weight is 296 g/mol. The Labute approximate surface area is 121 Å². The van der Waals surface area contributed by atoms with E-state index in [1.165, 1.54) is 38.1 Å². The molecule has 7 heteroatoms. The zero-order valence-electron chi connectivity index (χ0n) is 12.1. The summed E-state index contributed by atoms with van der Waals surface area (Å²) in [6.07, 6.45) is 0.0196. The van der Waals surface area contributed by atoms with Gasteiger partial charge in [-0.25, -0.2) is 4.39 Å². The van der Waals surface area contributed by atoms with Crippen LogP contribution in [0.4, 0.5) is 10.1 Å². The van der Waals surface area contributed by atoms with Gasteiger partial charge < -0.3 is 15.0 Å². The molecule has 0 fully saturated rings. The van der Waals surface area contributed by atoms with E-state index in [9.17, 15) is 18.8 Å². The van der Waals surface area contributed by atoms with Gasteiger partial charge in [0, 0.05) is 26.2 Å². The van der Waals surface area contributed by atoms with Crippen molar-refractivity contribution < 1.29 is 23.5 Å². The number of carbonyl (C=O) groups excluding carboxylic acids is 3. The average Bonchev–Trinajstić information content (AvgIpc) is 2.45. The Morgan fingerprint density at radius 2 is 2.00 bits per heavy atom. The Balaban J connectivity index is 2.85. The van der Waals surface area contributed by atoms with Crippen LogP contribution in [-0.2, 0) is 14.3 Å². The van der Waals surface area contributed by atoms with E-state index < -0.39 is 17.7 Å². The summed E-state index contributed by atoms with van der Waals surface area (Å²) >= 11 is 0. The lowest BCUT2D eigenvalue weighted by Crippen LogP contribution is -2.30. The van der Waals surface area contributed by atoms with Crippen molar-refractivity contribution in [3.05, 3.63) is 29.6 Å². The number of ether oxygens (including phenoxy) is 1. The first-order chi connectivity index (χ1) is 9.85. The highest BCUT2D eigenvalue weighted by Gasteiger charge is 2.18. The Morgan fingerprint density at radius 3 is 2.57 bits per heavy atom. The zero-order chi connectivity index (χ0) is 16.0. The van der Waals surface area contributed by atoms with E-state index in [1.807, 2.05) is 0 Å². The molecule has 1 aromatic rings. The van der Waals surface area contributed by atoms with Gasteiger partial charge in [-0.15, -0.1) is 0 Å². The number of benzene rings is 1. The van der Waals surface area contributed by atoms with Crippen LogP contribution in [0.25, 0.3) is 0 Å². The molecule has 1 rings (SSSR count). The molecule has 1 aromatic carbocycles. The number of amides is 2. The molecule has 0 aliphatic carbocycles. The largest absolute Gasteiger partial charge is 0.469 e. The van der Waals surface area contributed by atoms with E-state index in [1.54, 1.807) is 0 Å². The molecular weight excluding hydrogens is 279 g/mol. The SMILES string of the molecule is COC(=O)CCN(C)C(=O)c1cc(NC(C)=O)ccc1F. The minimum atomic E-state index is -0.695. The number of hydrogen-bond acceptors (Lipinski definition) is 4. The summed E-state index contributed by atoms with van der Waals surface area (Å²) in [7, 11) is 2.70. The lowest BCUT2D eigenvalue weighted by Gasteiger charge is -2.17. The maximum absolute atomic E-state index is 13.7. The third kappa shape index (κ3) is 4.87. The van der Waals surface area contributed by atoms with Crippen molar-refractivity contribution in [1.82, 2.24) is 4.90 Å². The second-order valence-electron chi connectivity index (χ2n) is 4.43. The van der Waals surface area contributed by atoms with Crippen LogP contribution in [0.3, 0.4) is 0 Å². The van der Waals surface area contributed by atoms with Gasteiger partial charge >= 0.3 is 5.97 Å². The van der Waals surface area contributed by atoms with Crippen molar-refractivity contribution in [2.45, 2.75) is 13.3 Å². The Morgan fingerprint density at radius 1 is 1.33 bits per heavy atom. The molecule has 0 radical (unpaired) electrons. The number of anilines is 1. The molecule has 0 saturated carbocycles. The van der Waals surface area contributed by atoms with Gasteiger partial charge in [-0.3, -0.25) is 14.4 Å². The zero-order valence-corrected chi connectivity index (χ0v) is 12.1. The molecule has 21 heavy (non-hydrogen) atoms. The fraction of sp³-hybridized carbons (Fsp3) is 0.357. The van der Waals surface area contributed by atoms with Crippen molar-refractivity contribution in [3.8, 4) is 0 Å². The molecule has 1 N–H and O–H groups in total. The first-order valence-electron chi connectivity index (χ1n) is 6.24. The van der Waals surface area contributed by atoms with Crippen LogP contribution >= 0.6 is 0 Å². The minimum Gasteiger partial charge on any atom is -0.469 e. The molecule has 0 spiro atoms. The third-order valence-corrected chi connectivity index (χ3v) is 2.74. The van der Waals surface area contributed by atoms with Crippen molar-refractivity contribution in [2.24, 2.45) is 0 Å². The van der Waals surface area contributed by atoms with E-state index in [-0.39, 0.29) is 24.4 Å². The highest BCUT2D eigenvalue weighted by atomic mass is 19.1. The number of carbonyl (C=O) groups is 3. The van der Waals surface area contributed by atoms with Crippen molar-refractivity contribution in [1.29, 1.82) is 0 Å². The number of nitrogens with zero attached hydrogens (tertiary/aromatic N) is 1. The van der Waals surface area contributed by atoms with Crippen LogP contribution in [0.5, 0.6) is 0 Å². The van der Waals surface area contributed by atoms with Crippen molar-refractivity contribution in [3.63, 3.8) is 0 Å². The standard InChI is InChI=1S/C14H17FN2O4/c1-9(18)16-10-4-5-12(15)11(8-10)14(20)17(2)7-6-13(19)21-3/h4-5,8H,6-7H2,1-3H3,(H,16,18). The van der Waals surface area contributed by atoms with E-state index in [0.717, 1.165) is 6.07 Å². The summed E-state index contributed by atoms with van der Waals surface area (Å²) in [5.41, 5.74) is 0.155. The van der Waals surface area contributed by atoms with Crippen LogP contribution in [-0.4, -0.2) is 43.4 Å². The van der Waals surface area contributed by atoms with Crippen LogP contribution in [0.1, 0.15) is 23.7 Å². The highest BCUT2D eigenvalue weighted by molar-refractivity contribution is 5.97. The van der Waals surface area contributed by atoms with Gasteiger partial charge in [0.05, 0.1) is 19.1 Å². The summed E-state index contributed by atoms with van der Waals surface area (Å²) < 4.78 is 18.2. The van der Waals surface area contributed by atoms with Gasteiger partial charge in [-0.1, -0.05) is 0 Å². The lowest BCUT2D eigenvalue weighted by atomic mass is 10.1. The number of halogens is 1. The molecule has 0 atom stereocenters. The van der Waals surface area contributed by atoms with Crippen LogP contribution in [0.15, 0.2) is 18.2 Å². The van der Waals surface area contributed by atoms with Crippen molar-refractivity contribution in [2.75, 3.05) is 26.0 Å².